The molecule has 1 atom stereocenters. The van der Waals surface area contributed by atoms with E-state index in [1.54, 1.807) is 11.9 Å². The maximum Gasteiger partial charge on any atom is 0.433 e. The van der Waals surface area contributed by atoms with E-state index in [0.717, 1.165) is 32.0 Å². The minimum Gasteiger partial charge on any atom is -0.355 e. The molecule has 1 fully saturated rings. The van der Waals surface area contributed by atoms with Crippen LogP contribution >= 0.6 is 11.6 Å². The highest BCUT2D eigenvalue weighted by Gasteiger charge is 2.34. The summed E-state index contributed by atoms with van der Waals surface area (Å²) < 4.78 is 38.2. The van der Waals surface area contributed by atoms with Gasteiger partial charge in [-0.25, -0.2) is 9.97 Å². The van der Waals surface area contributed by atoms with Crippen LogP contribution in [0.25, 0.3) is 0 Å². The summed E-state index contributed by atoms with van der Waals surface area (Å²) in [4.78, 5) is 11.0. The molecule has 2 heterocycles. The summed E-state index contributed by atoms with van der Waals surface area (Å²) in [5, 5.41) is -0.383. The predicted molar refractivity (Wildman–Crippen MR) is 71.0 cm³/mol. The lowest BCUT2D eigenvalue weighted by Crippen LogP contribution is -2.45. The van der Waals surface area contributed by atoms with Crippen molar-refractivity contribution in [2.75, 3.05) is 32.1 Å². The molecule has 1 aromatic rings. The number of alkyl halides is 3. The zero-order valence-corrected chi connectivity index (χ0v) is 12.0. The first kappa shape index (κ1) is 15.3. The summed E-state index contributed by atoms with van der Waals surface area (Å²) >= 11 is 5.61. The maximum atomic E-state index is 12.7. The molecule has 0 radical (unpaired) electrons. The van der Waals surface area contributed by atoms with Gasteiger partial charge < -0.3 is 9.80 Å². The van der Waals surface area contributed by atoms with Crippen molar-refractivity contribution in [1.29, 1.82) is 0 Å². The highest BCUT2D eigenvalue weighted by atomic mass is 35.5. The normalized spacial score (nSPS) is 21.0. The Morgan fingerprint density at radius 1 is 1.40 bits per heavy atom. The third-order valence-corrected chi connectivity index (χ3v) is 3.65. The summed E-state index contributed by atoms with van der Waals surface area (Å²) in [5.74, 6) is 0.206. The van der Waals surface area contributed by atoms with Gasteiger partial charge in [0, 0.05) is 25.7 Å². The van der Waals surface area contributed by atoms with Crippen molar-refractivity contribution in [3.8, 4) is 0 Å². The van der Waals surface area contributed by atoms with Gasteiger partial charge >= 0.3 is 6.18 Å². The van der Waals surface area contributed by atoms with Gasteiger partial charge in [-0.1, -0.05) is 0 Å². The van der Waals surface area contributed by atoms with Crippen LogP contribution in [0, 0.1) is 0 Å². The minimum absolute atomic E-state index is 0.126. The van der Waals surface area contributed by atoms with Gasteiger partial charge in [-0.2, -0.15) is 13.2 Å². The smallest absolute Gasteiger partial charge is 0.355 e. The van der Waals surface area contributed by atoms with Gasteiger partial charge in [0.1, 0.15) is 5.82 Å². The van der Waals surface area contributed by atoms with Crippen LogP contribution < -0.4 is 4.90 Å². The molecule has 1 aromatic heterocycles. The zero-order valence-electron chi connectivity index (χ0n) is 11.3. The Morgan fingerprint density at radius 3 is 2.70 bits per heavy atom. The Hall–Kier alpha value is -1.08. The molecule has 1 saturated heterocycles. The number of anilines is 1. The molecule has 1 aliphatic heterocycles. The van der Waals surface area contributed by atoms with E-state index in [0.29, 0.717) is 0 Å². The highest BCUT2D eigenvalue weighted by molar-refractivity contribution is 6.28. The van der Waals surface area contributed by atoms with Gasteiger partial charge in [-0.05, 0) is 38.0 Å². The van der Waals surface area contributed by atoms with E-state index >= 15 is 0 Å². The Balaban J connectivity index is 2.25. The molecule has 0 spiro atoms. The van der Waals surface area contributed by atoms with E-state index < -0.39 is 11.9 Å². The molecule has 112 valence electrons. The van der Waals surface area contributed by atoms with Gasteiger partial charge in [0.05, 0.1) is 0 Å². The number of likely N-dealkylation sites (N-methyl/N-ethyl adjacent to an activating group) is 2. The Labute approximate surface area is 120 Å². The van der Waals surface area contributed by atoms with Crippen LogP contribution in [0.3, 0.4) is 0 Å². The molecule has 1 aliphatic rings. The van der Waals surface area contributed by atoms with E-state index in [9.17, 15) is 13.2 Å². The Bertz CT molecular complexity index is 480. The van der Waals surface area contributed by atoms with Crippen molar-refractivity contribution in [3.63, 3.8) is 0 Å². The fourth-order valence-corrected chi connectivity index (χ4v) is 2.55. The van der Waals surface area contributed by atoms with Crippen molar-refractivity contribution in [2.24, 2.45) is 0 Å². The van der Waals surface area contributed by atoms with Crippen LogP contribution in [0.1, 0.15) is 18.5 Å². The van der Waals surface area contributed by atoms with Crippen LogP contribution in [0.5, 0.6) is 0 Å². The molecule has 0 N–H and O–H groups in total. The van der Waals surface area contributed by atoms with Crippen LogP contribution in [0.15, 0.2) is 6.07 Å². The second kappa shape index (κ2) is 5.73. The molecular weight excluding hydrogens is 293 g/mol. The lowest BCUT2D eigenvalue weighted by Gasteiger charge is -2.36. The van der Waals surface area contributed by atoms with Gasteiger partial charge in [0.25, 0.3) is 0 Å². The maximum absolute atomic E-state index is 12.7. The fraction of sp³-hybridized carbons (Fsp3) is 0.667. The zero-order chi connectivity index (χ0) is 14.9. The number of halogens is 4. The summed E-state index contributed by atoms with van der Waals surface area (Å²) in [6.45, 7) is 1.79. The van der Waals surface area contributed by atoms with Gasteiger partial charge in [-0.3, -0.25) is 0 Å². The number of nitrogens with zero attached hydrogens (tertiary/aromatic N) is 4. The monoisotopic (exact) mass is 308 g/mol. The van der Waals surface area contributed by atoms with E-state index in [-0.39, 0.29) is 17.1 Å². The molecule has 20 heavy (non-hydrogen) atoms. The standard InChI is InChI=1S/C12H16ClF3N4/c1-19-5-3-4-8(7-19)20(2)10-6-9(12(14,15)16)17-11(13)18-10/h6,8H,3-5,7H2,1-2H3. The molecule has 0 saturated carbocycles. The van der Waals surface area contributed by atoms with Crippen molar-refractivity contribution in [1.82, 2.24) is 14.9 Å². The minimum atomic E-state index is -4.52. The van der Waals surface area contributed by atoms with E-state index in [4.69, 9.17) is 11.6 Å². The third-order valence-electron chi connectivity index (χ3n) is 3.48. The van der Waals surface area contributed by atoms with E-state index in [2.05, 4.69) is 14.9 Å². The Kier molecular flexibility index (Phi) is 4.39. The van der Waals surface area contributed by atoms with Crippen molar-refractivity contribution in [2.45, 2.75) is 25.1 Å². The summed E-state index contributed by atoms with van der Waals surface area (Å²) in [6.07, 6.45) is -2.59. The number of aromatic nitrogens is 2. The lowest BCUT2D eigenvalue weighted by molar-refractivity contribution is -0.141. The third kappa shape index (κ3) is 3.52. The molecule has 1 unspecified atom stereocenters. The van der Waals surface area contributed by atoms with Crippen molar-refractivity contribution in [3.05, 3.63) is 17.0 Å². The van der Waals surface area contributed by atoms with Gasteiger partial charge in [-0.15, -0.1) is 0 Å². The lowest BCUT2D eigenvalue weighted by atomic mass is 10.1. The first-order chi connectivity index (χ1) is 9.27. The van der Waals surface area contributed by atoms with Crippen LogP contribution in [-0.2, 0) is 6.18 Å². The highest BCUT2D eigenvalue weighted by Crippen LogP contribution is 2.31. The van der Waals surface area contributed by atoms with Gasteiger partial charge in [0.2, 0.25) is 5.28 Å². The number of rotatable bonds is 2. The molecule has 0 aromatic carbocycles. The molecular formula is C12H16ClF3N4. The van der Waals surface area contributed by atoms with Crippen LogP contribution in [-0.4, -0.2) is 48.1 Å². The molecule has 0 bridgehead atoms. The largest absolute Gasteiger partial charge is 0.433 e. The molecule has 0 aliphatic carbocycles. The fourth-order valence-electron chi connectivity index (χ4n) is 2.37. The Morgan fingerprint density at radius 2 is 2.10 bits per heavy atom. The summed E-state index contributed by atoms with van der Waals surface area (Å²) in [7, 11) is 3.73. The predicted octanol–water partition coefficient (Wildman–Crippen LogP) is 2.68. The first-order valence-corrected chi connectivity index (χ1v) is 6.68. The summed E-state index contributed by atoms with van der Waals surface area (Å²) in [5.41, 5.74) is -1.01. The average molecular weight is 309 g/mol. The molecule has 8 heteroatoms. The average Bonchev–Trinajstić information content (AvgIpc) is 2.36. The molecule has 2 rings (SSSR count). The number of hydrogen-bond donors (Lipinski definition) is 0. The van der Waals surface area contributed by atoms with Gasteiger partial charge in [0.15, 0.2) is 5.69 Å². The van der Waals surface area contributed by atoms with E-state index in [1.807, 2.05) is 7.05 Å². The SMILES string of the molecule is CN1CCCC(N(C)c2cc(C(F)(F)F)nc(Cl)n2)C1. The van der Waals surface area contributed by atoms with Crippen molar-refractivity contribution < 1.29 is 13.2 Å². The topological polar surface area (TPSA) is 32.3 Å². The first-order valence-electron chi connectivity index (χ1n) is 6.30. The van der Waals surface area contributed by atoms with Crippen LogP contribution in [0.2, 0.25) is 5.28 Å². The second-order valence-corrected chi connectivity index (χ2v) is 5.39. The second-order valence-electron chi connectivity index (χ2n) is 5.05. The quantitative estimate of drug-likeness (QED) is 0.786. The molecule has 0 amide bonds. The number of likely N-dealkylation sites (tertiary alicyclic amines) is 1. The van der Waals surface area contributed by atoms with E-state index in [1.165, 1.54) is 0 Å². The molecule has 4 nitrogen and oxygen atoms in total. The van der Waals surface area contributed by atoms with Crippen LogP contribution in [0.4, 0.5) is 19.0 Å². The number of piperidine rings is 1. The number of hydrogen-bond acceptors (Lipinski definition) is 4. The van der Waals surface area contributed by atoms with Crippen molar-refractivity contribution >= 4 is 17.4 Å². The summed E-state index contributed by atoms with van der Waals surface area (Å²) in [6, 6.07) is 1.07.